The van der Waals surface area contributed by atoms with Crippen LogP contribution in [0, 0.1) is 16.0 Å². The molecule has 310 valence electrons. The Kier molecular flexibility index (Phi) is 14.7. The second-order valence-corrected chi connectivity index (χ2v) is 19.9. The quantitative estimate of drug-likeness (QED) is 0.0688. The molecule has 0 aromatic heterocycles. The summed E-state index contributed by atoms with van der Waals surface area (Å²) >= 11 is 0. The molecular weight excluding hydrogens is 701 g/mol. The van der Waals surface area contributed by atoms with Gasteiger partial charge in [-0.25, -0.2) is 0 Å². The van der Waals surface area contributed by atoms with E-state index in [-0.39, 0.29) is 44.6 Å². The van der Waals surface area contributed by atoms with Crippen molar-refractivity contribution in [2.75, 3.05) is 13.2 Å². The first kappa shape index (κ1) is 46.5. The number of nitro groups is 1. The zero-order valence-corrected chi connectivity index (χ0v) is 37.4. The number of non-ortho nitro benzene ring substituents is 1. The van der Waals surface area contributed by atoms with Crippen molar-refractivity contribution in [2.45, 2.75) is 170 Å². The molecule has 0 bridgehead atoms. The topological polar surface area (TPSA) is 114 Å². The Hall–Kier alpha value is -3.91. The van der Waals surface area contributed by atoms with Crippen molar-refractivity contribution < 1.29 is 24.6 Å². The number of phenolic OH excluding ortho intramolecular Hbond substituents is 1. The lowest BCUT2D eigenvalue weighted by Crippen LogP contribution is -2.44. The number of aromatic hydroxyl groups is 1. The van der Waals surface area contributed by atoms with Gasteiger partial charge in [0.1, 0.15) is 22.8 Å². The molecule has 0 aliphatic heterocycles. The molecule has 0 saturated heterocycles. The number of ether oxygens (including phenoxy) is 2. The van der Waals surface area contributed by atoms with Crippen LogP contribution in [-0.4, -0.2) is 40.6 Å². The Bertz CT molecular complexity index is 1690. The standard InChI is InChI=1S/C48H72N2O6/c1-17-19-23-55-41-36(44(5,6)7)26-33(27-37(41)45(8,9)10)48(52,43(31(3)4)49-30-32-25-35(50(53)54)21-22-40(32)51)34-28-38(46(11,12)13)42(56-24-20-18-2)39(29-34)47(14,15)16/h21-22,25-31,43,51-52H,17-20,23-24H2,1-16H3. The van der Waals surface area contributed by atoms with Gasteiger partial charge in [0.15, 0.2) is 0 Å². The van der Waals surface area contributed by atoms with E-state index in [1.165, 1.54) is 24.4 Å². The van der Waals surface area contributed by atoms with E-state index >= 15 is 0 Å². The van der Waals surface area contributed by atoms with Gasteiger partial charge in [-0.3, -0.25) is 15.1 Å². The van der Waals surface area contributed by atoms with Gasteiger partial charge in [0.05, 0.1) is 24.2 Å². The second-order valence-electron chi connectivity index (χ2n) is 19.9. The third-order valence-corrected chi connectivity index (χ3v) is 10.4. The van der Waals surface area contributed by atoms with Crippen molar-refractivity contribution >= 4 is 11.9 Å². The molecule has 0 fully saturated rings. The van der Waals surface area contributed by atoms with Crippen molar-refractivity contribution in [2.24, 2.45) is 10.9 Å². The number of benzene rings is 3. The van der Waals surface area contributed by atoms with Crippen LogP contribution >= 0.6 is 0 Å². The Morgan fingerprint density at radius 1 is 0.696 bits per heavy atom. The summed E-state index contributed by atoms with van der Waals surface area (Å²) < 4.78 is 13.3. The Labute approximate surface area is 338 Å². The zero-order valence-electron chi connectivity index (χ0n) is 37.4. The summed E-state index contributed by atoms with van der Waals surface area (Å²) in [7, 11) is 0. The lowest BCUT2D eigenvalue weighted by Gasteiger charge is -2.41. The van der Waals surface area contributed by atoms with E-state index in [0.29, 0.717) is 24.3 Å². The van der Waals surface area contributed by atoms with Crippen LogP contribution in [0.5, 0.6) is 17.2 Å². The molecule has 8 heteroatoms. The highest BCUT2D eigenvalue weighted by Gasteiger charge is 2.46. The largest absolute Gasteiger partial charge is 0.507 e. The highest BCUT2D eigenvalue weighted by Crippen LogP contribution is 2.49. The Morgan fingerprint density at radius 2 is 1.07 bits per heavy atom. The summed E-state index contributed by atoms with van der Waals surface area (Å²) in [5, 5.41) is 36.7. The first-order valence-corrected chi connectivity index (χ1v) is 20.6. The highest BCUT2D eigenvalue weighted by atomic mass is 16.6. The second kappa shape index (κ2) is 17.7. The summed E-state index contributed by atoms with van der Waals surface area (Å²) in [5.41, 5.74) is 2.20. The number of hydrogen-bond acceptors (Lipinski definition) is 7. The van der Waals surface area contributed by atoms with Crippen LogP contribution in [0.15, 0.2) is 47.5 Å². The number of hydrogen-bond donors (Lipinski definition) is 2. The van der Waals surface area contributed by atoms with E-state index in [1.807, 2.05) is 13.8 Å². The van der Waals surface area contributed by atoms with Crippen LogP contribution in [-0.2, 0) is 27.3 Å². The minimum absolute atomic E-state index is 0.136. The first-order chi connectivity index (χ1) is 25.7. The van der Waals surface area contributed by atoms with E-state index in [0.717, 1.165) is 59.4 Å². The van der Waals surface area contributed by atoms with Crippen LogP contribution in [0.1, 0.15) is 175 Å². The fourth-order valence-corrected chi connectivity index (χ4v) is 7.06. The molecule has 0 heterocycles. The summed E-state index contributed by atoms with van der Waals surface area (Å²) in [4.78, 5) is 16.3. The third-order valence-electron chi connectivity index (χ3n) is 10.4. The molecule has 3 rings (SSSR count). The number of unbranched alkanes of at least 4 members (excludes halogenated alkanes) is 2. The number of nitro benzene ring substituents is 1. The molecule has 1 unspecified atom stereocenters. The molecule has 0 aliphatic rings. The zero-order chi connectivity index (χ0) is 42.6. The maximum atomic E-state index is 14.1. The molecule has 0 saturated carbocycles. The van der Waals surface area contributed by atoms with Crippen LogP contribution in [0.4, 0.5) is 5.69 Å². The molecule has 8 nitrogen and oxygen atoms in total. The van der Waals surface area contributed by atoms with Crippen LogP contribution in [0.25, 0.3) is 0 Å². The molecule has 56 heavy (non-hydrogen) atoms. The van der Waals surface area contributed by atoms with Gasteiger partial charge in [0, 0.05) is 46.2 Å². The van der Waals surface area contributed by atoms with Gasteiger partial charge >= 0.3 is 0 Å². The van der Waals surface area contributed by atoms with Gasteiger partial charge in [0.2, 0.25) is 0 Å². The molecule has 0 spiro atoms. The van der Waals surface area contributed by atoms with Crippen molar-refractivity contribution in [3.63, 3.8) is 0 Å². The number of nitrogens with zero attached hydrogens (tertiary/aromatic N) is 2. The number of aliphatic hydroxyl groups is 1. The predicted molar refractivity (Wildman–Crippen MR) is 232 cm³/mol. The Morgan fingerprint density at radius 3 is 1.38 bits per heavy atom. The highest BCUT2D eigenvalue weighted by molar-refractivity contribution is 5.84. The van der Waals surface area contributed by atoms with Crippen LogP contribution in [0.3, 0.4) is 0 Å². The van der Waals surface area contributed by atoms with Gasteiger partial charge in [-0.15, -0.1) is 0 Å². The minimum Gasteiger partial charge on any atom is -0.507 e. The van der Waals surface area contributed by atoms with Crippen LogP contribution < -0.4 is 9.47 Å². The first-order valence-electron chi connectivity index (χ1n) is 20.6. The van der Waals surface area contributed by atoms with E-state index in [4.69, 9.17) is 14.5 Å². The van der Waals surface area contributed by atoms with Gasteiger partial charge in [0.25, 0.3) is 5.69 Å². The van der Waals surface area contributed by atoms with Crippen molar-refractivity contribution in [3.8, 4) is 17.2 Å². The SMILES string of the molecule is CCCCOc1c(C(C)(C)C)cc(C(O)(c2cc(C(C)(C)C)c(OCCCC)c(C(C)(C)C)c2)C(N=Cc2cc([N+](=O)[O-])ccc2O)C(C)C)cc1C(C)(C)C. The fourth-order valence-electron chi connectivity index (χ4n) is 7.06. The summed E-state index contributed by atoms with van der Waals surface area (Å²) in [5.74, 6) is 1.33. The minimum atomic E-state index is -1.73. The normalized spacial score (nSPS) is 13.8. The number of rotatable bonds is 15. The summed E-state index contributed by atoms with van der Waals surface area (Å²) in [6, 6.07) is 11.5. The molecule has 0 aliphatic carbocycles. The molecule has 0 radical (unpaired) electrons. The van der Waals surface area contributed by atoms with Crippen molar-refractivity contribution in [1.82, 2.24) is 0 Å². The average Bonchev–Trinajstić information content (AvgIpc) is 3.06. The molecule has 3 aromatic rings. The third kappa shape index (κ3) is 10.7. The summed E-state index contributed by atoms with van der Waals surface area (Å²) in [6.07, 6.45) is 5.32. The maximum Gasteiger partial charge on any atom is 0.270 e. The van der Waals surface area contributed by atoms with Crippen molar-refractivity contribution in [1.29, 1.82) is 0 Å². The summed E-state index contributed by atoms with van der Waals surface area (Å²) in [6.45, 7) is 35.6. The van der Waals surface area contributed by atoms with Gasteiger partial charge in [-0.2, -0.15) is 0 Å². The monoisotopic (exact) mass is 773 g/mol. The molecule has 1 atom stereocenters. The molecule has 3 aromatic carbocycles. The number of phenols is 1. The van der Waals surface area contributed by atoms with Gasteiger partial charge < -0.3 is 19.7 Å². The van der Waals surface area contributed by atoms with E-state index in [9.17, 15) is 20.3 Å². The fraction of sp³-hybridized carbons (Fsp3) is 0.604. The molecule has 0 amide bonds. The maximum absolute atomic E-state index is 14.1. The van der Waals surface area contributed by atoms with E-state index in [1.54, 1.807) is 0 Å². The molecular formula is C48H72N2O6. The average molecular weight is 773 g/mol. The van der Waals surface area contributed by atoms with E-state index in [2.05, 4.69) is 121 Å². The smallest absolute Gasteiger partial charge is 0.270 e. The molecule has 2 N–H and O–H groups in total. The lowest BCUT2D eigenvalue weighted by molar-refractivity contribution is -0.384. The lowest BCUT2D eigenvalue weighted by atomic mass is 9.69. The van der Waals surface area contributed by atoms with Gasteiger partial charge in [-0.1, -0.05) is 124 Å². The van der Waals surface area contributed by atoms with E-state index < -0.39 is 16.6 Å². The van der Waals surface area contributed by atoms with Crippen molar-refractivity contribution in [3.05, 3.63) is 91.5 Å². The number of aliphatic imine (C=N–C) groups is 1. The Balaban J connectivity index is 2.66. The van der Waals surface area contributed by atoms with Crippen LogP contribution in [0.2, 0.25) is 0 Å². The van der Waals surface area contributed by atoms with Gasteiger partial charge in [-0.05, 0) is 81.9 Å². The predicted octanol–water partition coefficient (Wildman–Crippen LogP) is 12.2.